The van der Waals surface area contributed by atoms with Crippen LogP contribution in [0.15, 0.2) is 36.8 Å². The third-order valence-electron chi connectivity index (χ3n) is 2.25. The first-order valence-electron chi connectivity index (χ1n) is 5.00. The topological polar surface area (TPSA) is 37.8 Å². The van der Waals surface area contributed by atoms with Gasteiger partial charge in [-0.25, -0.2) is 0 Å². The van der Waals surface area contributed by atoms with Crippen molar-refractivity contribution in [2.24, 2.45) is 0 Å². The van der Waals surface area contributed by atoms with Gasteiger partial charge in [-0.05, 0) is 18.7 Å². The van der Waals surface area contributed by atoms with Crippen LogP contribution in [0.5, 0.6) is 0 Å². The fourth-order valence-electron chi connectivity index (χ4n) is 1.52. The van der Waals surface area contributed by atoms with E-state index in [1.165, 1.54) is 0 Å². The van der Waals surface area contributed by atoms with E-state index in [1.54, 1.807) is 18.6 Å². The zero-order chi connectivity index (χ0) is 11.4. The van der Waals surface area contributed by atoms with Gasteiger partial charge >= 0.3 is 0 Å². The summed E-state index contributed by atoms with van der Waals surface area (Å²) in [6.07, 6.45) is 5.01. The number of nitrogens with one attached hydrogen (secondary N) is 1. The summed E-state index contributed by atoms with van der Waals surface area (Å²) in [6, 6.07) is 5.95. The highest BCUT2D eigenvalue weighted by Crippen LogP contribution is 2.26. The predicted molar refractivity (Wildman–Crippen MR) is 65.2 cm³/mol. The molecule has 0 aliphatic rings. The second kappa shape index (κ2) is 5.05. The first-order valence-corrected chi connectivity index (χ1v) is 5.38. The number of hydrogen-bond donors (Lipinski definition) is 1. The second-order valence-corrected chi connectivity index (χ2v) is 3.84. The highest BCUT2D eigenvalue weighted by atomic mass is 35.5. The lowest BCUT2D eigenvalue weighted by atomic mass is 10.1. The van der Waals surface area contributed by atoms with Gasteiger partial charge in [0, 0.05) is 24.5 Å². The minimum absolute atomic E-state index is 0.702. The number of benzene rings is 1. The van der Waals surface area contributed by atoms with Gasteiger partial charge in [0.1, 0.15) is 0 Å². The van der Waals surface area contributed by atoms with Gasteiger partial charge in [-0.2, -0.15) is 0 Å². The van der Waals surface area contributed by atoms with Crippen molar-refractivity contribution in [3.63, 3.8) is 0 Å². The van der Waals surface area contributed by atoms with Crippen molar-refractivity contribution in [3.05, 3.63) is 47.4 Å². The molecule has 0 saturated carbocycles. The Labute approximate surface area is 99.5 Å². The van der Waals surface area contributed by atoms with Crippen LogP contribution in [0, 0.1) is 0 Å². The molecule has 0 unspecified atom stereocenters. The molecule has 0 bridgehead atoms. The van der Waals surface area contributed by atoms with Crippen LogP contribution < -0.4 is 5.32 Å². The van der Waals surface area contributed by atoms with Crippen molar-refractivity contribution < 1.29 is 0 Å². The number of aromatic nitrogens is 2. The molecule has 0 aliphatic carbocycles. The van der Waals surface area contributed by atoms with E-state index in [0.29, 0.717) is 5.02 Å². The molecule has 2 aromatic rings. The normalized spacial score (nSPS) is 10.4. The van der Waals surface area contributed by atoms with E-state index in [9.17, 15) is 0 Å². The molecule has 0 aliphatic heterocycles. The summed E-state index contributed by atoms with van der Waals surface area (Å²) in [6.45, 7) is 0.806. The van der Waals surface area contributed by atoms with Gasteiger partial charge in [-0.15, -0.1) is 0 Å². The molecule has 0 radical (unpaired) electrons. The fourth-order valence-corrected chi connectivity index (χ4v) is 1.82. The molecular weight excluding hydrogens is 222 g/mol. The molecule has 4 heteroatoms. The van der Waals surface area contributed by atoms with Crippen LogP contribution in [-0.2, 0) is 6.54 Å². The van der Waals surface area contributed by atoms with E-state index in [-0.39, 0.29) is 0 Å². The van der Waals surface area contributed by atoms with E-state index in [1.807, 2.05) is 25.2 Å². The van der Waals surface area contributed by atoms with Crippen molar-refractivity contribution in [1.29, 1.82) is 0 Å². The molecule has 0 saturated heterocycles. The monoisotopic (exact) mass is 233 g/mol. The zero-order valence-electron chi connectivity index (χ0n) is 8.94. The Bertz CT molecular complexity index is 471. The summed E-state index contributed by atoms with van der Waals surface area (Å²) in [5.41, 5.74) is 2.86. The third-order valence-corrected chi connectivity index (χ3v) is 2.57. The van der Waals surface area contributed by atoms with E-state index in [0.717, 1.165) is 23.4 Å². The lowest BCUT2D eigenvalue weighted by molar-refractivity contribution is 0.818. The van der Waals surface area contributed by atoms with Crippen molar-refractivity contribution >= 4 is 11.6 Å². The Balaban J connectivity index is 2.37. The molecule has 1 heterocycles. The number of rotatable bonds is 3. The van der Waals surface area contributed by atoms with Gasteiger partial charge in [0.15, 0.2) is 0 Å². The Kier molecular flexibility index (Phi) is 3.49. The second-order valence-electron chi connectivity index (χ2n) is 3.44. The Hall–Kier alpha value is -1.45. The van der Waals surface area contributed by atoms with Crippen LogP contribution >= 0.6 is 11.6 Å². The average molecular weight is 234 g/mol. The quantitative estimate of drug-likeness (QED) is 0.885. The number of halogens is 1. The molecule has 3 nitrogen and oxygen atoms in total. The SMILES string of the molecule is CNCc1ccc(-c2cnccn2)c(Cl)c1. The van der Waals surface area contributed by atoms with Gasteiger partial charge in [0.05, 0.1) is 16.9 Å². The van der Waals surface area contributed by atoms with Gasteiger partial charge < -0.3 is 5.32 Å². The van der Waals surface area contributed by atoms with Gasteiger partial charge in [0.2, 0.25) is 0 Å². The molecule has 1 N–H and O–H groups in total. The third kappa shape index (κ3) is 2.38. The van der Waals surface area contributed by atoms with Gasteiger partial charge in [-0.3, -0.25) is 9.97 Å². The maximum Gasteiger partial charge on any atom is 0.0900 e. The summed E-state index contributed by atoms with van der Waals surface area (Å²) in [4.78, 5) is 8.25. The highest BCUT2D eigenvalue weighted by Gasteiger charge is 2.05. The lowest BCUT2D eigenvalue weighted by Crippen LogP contribution is -2.04. The van der Waals surface area contributed by atoms with Crippen LogP contribution in [0.3, 0.4) is 0 Å². The Morgan fingerprint density at radius 2 is 2.19 bits per heavy atom. The Morgan fingerprint density at radius 3 is 2.81 bits per heavy atom. The summed E-state index contributed by atoms with van der Waals surface area (Å²) in [7, 11) is 1.91. The minimum Gasteiger partial charge on any atom is -0.316 e. The van der Waals surface area contributed by atoms with E-state index in [2.05, 4.69) is 15.3 Å². The lowest BCUT2D eigenvalue weighted by Gasteiger charge is -2.05. The van der Waals surface area contributed by atoms with Crippen molar-refractivity contribution in [2.75, 3.05) is 7.05 Å². The molecule has 1 aromatic heterocycles. The molecule has 0 atom stereocenters. The predicted octanol–water partition coefficient (Wildman–Crippen LogP) is 2.52. The maximum atomic E-state index is 6.20. The van der Waals surface area contributed by atoms with Gasteiger partial charge in [0.25, 0.3) is 0 Å². The first-order chi connectivity index (χ1) is 7.81. The average Bonchev–Trinajstić information content (AvgIpc) is 2.31. The zero-order valence-corrected chi connectivity index (χ0v) is 9.70. The summed E-state index contributed by atoms with van der Waals surface area (Å²) in [5, 5.41) is 3.79. The number of nitrogens with zero attached hydrogens (tertiary/aromatic N) is 2. The van der Waals surface area contributed by atoms with Crippen LogP contribution in [0.1, 0.15) is 5.56 Å². The molecular formula is C12H12ClN3. The highest BCUT2D eigenvalue weighted by molar-refractivity contribution is 6.33. The smallest absolute Gasteiger partial charge is 0.0900 e. The van der Waals surface area contributed by atoms with E-state index >= 15 is 0 Å². The fraction of sp³-hybridized carbons (Fsp3) is 0.167. The first kappa shape index (κ1) is 11.0. The van der Waals surface area contributed by atoms with Crippen LogP contribution in [0.25, 0.3) is 11.3 Å². The molecule has 82 valence electrons. The van der Waals surface area contributed by atoms with Gasteiger partial charge in [-0.1, -0.05) is 23.7 Å². The molecule has 1 aromatic carbocycles. The molecule has 2 rings (SSSR count). The van der Waals surface area contributed by atoms with Crippen LogP contribution in [-0.4, -0.2) is 17.0 Å². The van der Waals surface area contributed by atoms with Crippen LogP contribution in [0.4, 0.5) is 0 Å². The summed E-state index contributed by atoms with van der Waals surface area (Å²) < 4.78 is 0. The minimum atomic E-state index is 0.702. The maximum absolute atomic E-state index is 6.20. The molecule has 0 spiro atoms. The standard InChI is InChI=1S/C12H12ClN3/c1-14-7-9-2-3-10(11(13)6-9)12-8-15-4-5-16-12/h2-6,8,14H,7H2,1H3. The van der Waals surface area contributed by atoms with E-state index in [4.69, 9.17) is 11.6 Å². The van der Waals surface area contributed by atoms with Crippen molar-refractivity contribution in [3.8, 4) is 11.3 Å². The van der Waals surface area contributed by atoms with Crippen molar-refractivity contribution in [2.45, 2.75) is 6.54 Å². The Morgan fingerprint density at radius 1 is 1.31 bits per heavy atom. The van der Waals surface area contributed by atoms with Crippen molar-refractivity contribution in [1.82, 2.24) is 15.3 Å². The molecule has 16 heavy (non-hydrogen) atoms. The number of hydrogen-bond acceptors (Lipinski definition) is 3. The molecule has 0 fully saturated rings. The largest absolute Gasteiger partial charge is 0.316 e. The molecule has 0 amide bonds. The summed E-state index contributed by atoms with van der Waals surface area (Å²) >= 11 is 6.20. The van der Waals surface area contributed by atoms with E-state index < -0.39 is 0 Å². The van der Waals surface area contributed by atoms with Crippen LogP contribution in [0.2, 0.25) is 5.02 Å². The summed E-state index contributed by atoms with van der Waals surface area (Å²) in [5.74, 6) is 0.